The highest BCUT2D eigenvalue weighted by Gasteiger charge is 2.33. The van der Waals surface area contributed by atoms with Crippen molar-refractivity contribution < 1.29 is 9.47 Å². The molecule has 2 aromatic carbocycles. The summed E-state index contributed by atoms with van der Waals surface area (Å²) in [4.78, 5) is 26.2. The highest BCUT2D eigenvalue weighted by molar-refractivity contribution is 6.30. The summed E-state index contributed by atoms with van der Waals surface area (Å²) in [7, 11) is 4.80. The number of halogens is 1. The second kappa shape index (κ2) is 7.69. The van der Waals surface area contributed by atoms with Gasteiger partial charge in [-0.15, -0.1) is 0 Å². The summed E-state index contributed by atoms with van der Waals surface area (Å²) in [5, 5.41) is 1.09. The molecule has 0 bridgehead atoms. The maximum Gasteiger partial charge on any atom is 0.331 e. The Bertz CT molecular complexity index is 1460. The van der Waals surface area contributed by atoms with Crippen LogP contribution in [0.4, 0.5) is 0 Å². The van der Waals surface area contributed by atoms with Crippen LogP contribution in [0.5, 0.6) is 5.75 Å². The number of fused-ring (bicyclic) bond motifs is 3. The largest absolute Gasteiger partial charge is 0.497 e. The molecule has 0 saturated carbocycles. The van der Waals surface area contributed by atoms with Gasteiger partial charge in [0.1, 0.15) is 11.9 Å². The van der Waals surface area contributed by atoms with E-state index in [2.05, 4.69) is 4.57 Å². The molecule has 3 heterocycles. The van der Waals surface area contributed by atoms with Gasteiger partial charge in [0.15, 0.2) is 0 Å². The first-order chi connectivity index (χ1) is 15.4. The Kier molecular flexibility index (Phi) is 4.95. The molecular weight excluding hydrogens is 430 g/mol. The summed E-state index contributed by atoms with van der Waals surface area (Å²) in [6.07, 6.45) is -0.463. The second-order valence-electron chi connectivity index (χ2n) is 7.85. The number of rotatable bonds is 3. The first-order valence-electron chi connectivity index (χ1n) is 10.3. The number of hydrogen-bond donors (Lipinski definition) is 0. The Hall–Kier alpha value is -3.29. The smallest absolute Gasteiger partial charge is 0.331 e. The van der Waals surface area contributed by atoms with Crippen LogP contribution in [0.2, 0.25) is 5.02 Å². The molecule has 0 amide bonds. The van der Waals surface area contributed by atoms with Gasteiger partial charge in [0.25, 0.3) is 5.56 Å². The molecular formula is C24H22ClN3O4. The lowest BCUT2D eigenvalue weighted by molar-refractivity contribution is 0.0478. The summed E-state index contributed by atoms with van der Waals surface area (Å²) in [6.45, 7) is 1.02. The van der Waals surface area contributed by atoms with Crippen molar-refractivity contribution in [2.45, 2.75) is 12.6 Å². The number of hydrogen-bond acceptors (Lipinski definition) is 4. The van der Waals surface area contributed by atoms with Gasteiger partial charge in [-0.1, -0.05) is 23.7 Å². The molecule has 0 N–H and O–H groups in total. The summed E-state index contributed by atoms with van der Waals surface area (Å²) in [5.74, 6) is 0.726. The van der Waals surface area contributed by atoms with Crippen molar-refractivity contribution in [3.8, 4) is 17.0 Å². The molecule has 0 fully saturated rings. The van der Waals surface area contributed by atoms with Crippen LogP contribution < -0.4 is 16.0 Å². The molecule has 0 aliphatic carbocycles. The van der Waals surface area contributed by atoms with Gasteiger partial charge in [0.2, 0.25) is 0 Å². The van der Waals surface area contributed by atoms with Crippen LogP contribution in [-0.4, -0.2) is 27.4 Å². The Balaban J connectivity index is 1.91. The SMILES string of the molecule is COc1ccc(-c2c3c(=O)n(C)c(=O)n(C)c3c3n2CCO[C@@H]3c2cccc(Cl)c2)cc1. The van der Waals surface area contributed by atoms with Gasteiger partial charge in [-0.05, 0) is 47.5 Å². The molecule has 0 saturated heterocycles. The molecule has 5 rings (SSSR count). The Labute approximate surface area is 189 Å². The molecule has 7 nitrogen and oxygen atoms in total. The van der Waals surface area contributed by atoms with Crippen molar-refractivity contribution in [1.82, 2.24) is 13.7 Å². The predicted molar refractivity (Wildman–Crippen MR) is 124 cm³/mol. The third kappa shape index (κ3) is 3.00. The van der Waals surface area contributed by atoms with Gasteiger partial charge in [-0.25, -0.2) is 4.79 Å². The minimum absolute atomic E-state index is 0.333. The molecule has 8 heteroatoms. The van der Waals surface area contributed by atoms with Crippen molar-refractivity contribution in [2.24, 2.45) is 14.1 Å². The number of nitrogens with zero attached hydrogens (tertiary/aromatic N) is 3. The highest BCUT2D eigenvalue weighted by atomic mass is 35.5. The third-order valence-electron chi connectivity index (χ3n) is 6.07. The lowest BCUT2D eigenvalue weighted by Gasteiger charge is -2.28. The number of aryl methyl sites for hydroxylation is 1. The second-order valence-corrected chi connectivity index (χ2v) is 8.29. The van der Waals surface area contributed by atoms with Crippen LogP contribution in [0.15, 0.2) is 58.1 Å². The van der Waals surface area contributed by atoms with Gasteiger partial charge in [-0.2, -0.15) is 0 Å². The Morgan fingerprint density at radius 1 is 1.06 bits per heavy atom. The number of ether oxygens (including phenoxy) is 2. The quantitative estimate of drug-likeness (QED) is 0.478. The fourth-order valence-electron chi connectivity index (χ4n) is 4.55. The summed E-state index contributed by atoms with van der Waals surface area (Å²) in [6, 6.07) is 15.0. The first kappa shape index (κ1) is 20.6. The van der Waals surface area contributed by atoms with E-state index >= 15 is 0 Å². The molecule has 1 aliphatic rings. The molecule has 164 valence electrons. The maximum atomic E-state index is 13.4. The monoisotopic (exact) mass is 451 g/mol. The summed E-state index contributed by atoms with van der Waals surface area (Å²) >= 11 is 6.26. The highest BCUT2D eigenvalue weighted by Crippen LogP contribution is 2.41. The van der Waals surface area contributed by atoms with Crippen molar-refractivity contribution in [3.05, 3.63) is 85.6 Å². The Morgan fingerprint density at radius 3 is 2.50 bits per heavy atom. The van der Waals surface area contributed by atoms with E-state index in [1.807, 2.05) is 42.5 Å². The normalized spacial score (nSPS) is 15.7. The topological polar surface area (TPSA) is 67.4 Å². The van der Waals surface area contributed by atoms with Crippen LogP contribution >= 0.6 is 11.6 Å². The minimum atomic E-state index is -0.463. The molecule has 1 atom stereocenters. The number of aromatic nitrogens is 3. The summed E-state index contributed by atoms with van der Waals surface area (Å²) < 4.78 is 16.3. The van der Waals surface area contributed by atoms with E-state index in [1.54, 1.807) is 20.2 Å². The first-order valence-corrected chi connectivity index (χ1v) is 10.6. The van der Waals surface area contributed by atoms with E-state index < -0.39 is 6.10 Å². The van der Waals surface area contributed by atoms with Crippen LogP contribution in [0.3, 0.4) is 0 Å². The van der Waals surface area contributed by atoms with Crippen molar-refractivity contribution in [1.29, 1.82) is 0 Å². The molecule has 2 aromatic heterocycles. The van der Waals surface area contributed by atoms with Gasteiger partial charge in [0.05, 0.1) is 36.0 Å². The zero-order chi connectivity index (χ0) is 22.6. The lowest BCUT2D eigenvalue weighted by Crippen LogP contribution is -2.37. The lowest BCUT2D eigenvalue weighted by atomic mass is 10.0. The van der Waals surface area contributed by atoms with E-state index in [1.165, 1.54) is 11.6 Å². The standard InChI is InChI=1S/C24H22ClN3O4/c1-26-20-18(23(29)27(2)24(26)30)19(14-7-9-17(31-3)10-8-14)28-11-12-32-22(21(20)28)15-5-4-6-16(25)13-15/h4-10,13,22H,11-12H2,1-3H3/t22-/m1/s1. The fraction of sp³-hybridized carbons (Fsp3) is 0.250. The number of benzene rings is 2. The molecule has 0 unspecified atom stereocenters. The minimum Gasteiger partial charge on any atom is -0.497 e. The average Bonchev–Trinajstić information content (AvgIpc) is 3.17. The maximum absolute atomic E-state index is 13.4. The van der Waals surface area contributed by atoms with E-state index in [4.69, 9.17) is 21.1 Å². The van der Waals surface area contributed by atoms with Crippen LogP contribution in [0.25, 0.3) is 22.2 Å². The van der Waals surface area contributed by atoms with E-state index in [-0.39, 0.29) is 11.2 Å². The number of methoxy groups -OCH3 is 1. The Morgan fingerprint density at radius 2 is 1.81 bits per heavy atom. The predicted octanol–water partition coefficient (Wildman–Crippen LogP) is 3.49. The fourth-order valence-corrected chi connectivity index (χ4v) is 4.75. The average molecular weight is 452 g/mol. The van der Waals surface area contributed by atoms with Crippen LogP contribution in [-0.2, 0) is 25.4 Å². The summed E-state index contributed by atoms with van der Waals surface area (Å²) in [5.41, 5.74) is 3.14. The zero-order valence-corrected chi connectivity index (χ0v) is 18.7. The molecule has 32 heavy (non-hydrogen) atoms. The molecule has 0 spiro atoms. The van der Waals surface area contributed by atoms with Gasteiger partial charge in [0, 0.05) is 25.7 Å². The molecule has 1 aliphatic heterocycles. The van der Waals surface area contributed by atoms with Crippen molar-refractivity contribution in [3.63, 3.8) is 0 Å². The van der Waals surface area contributed by atoms with E-state index in [0.717, 1.165) is 32.8 Å². The molecule has 0 radical (unpaired) electrons. The van der Waals surface area contributed by atoms with Crippen molar-refractivity contribution >= 4 is 22.5 Å². The zero-order valence-electron chi connectivity index (χ0n) is 18.0. The van der Waals surface area contributed by atoms with Crippen LogP contribution in [0, 0.1) is 0 Å². The van der Waals surface area contributed by atoms with Gasteiger partial charge < -0.3 is 14.0 Å². The van der Waals surface area contributed by atoms with Gasteiger partial charge >= 0.3 is 5.69 Å². The van der Waals surface area contributed by atoms with E-state index in [9.17, 15) is 9.59 Å². The third-order valence-corrected chi connectivity index (χ3v) is 6.30. The van der Waals surface area contributed by atoms with E-state index in [0.29, 0.717) is 29.1 Å². The van der Waals surface area contributed by atoms with Crippen LogP contribution in [0.1, 0.15) is 17.4 Å². The van der Waals surface area contributed by atoms with Gasteiger partial charge in [-0.3, -0.25) is 13.9 Å². The van der Waals surface area contributed by atoms with Crippen molar-refractivity contribution in [2.75, 3.05) is 13.7 Å². The molecule has 4 aromatic rings.